The van der Waals surface area contributed by atoms with Gasteiger partial charge in [0, 0.05) is 30.5 Å². The Morgan fingerprint density at radius 1 is 1.36 bits per heavy atom. The van der Waals surface area contributed by atoms with E-state index in [1.807, 2.05) is 25.4 Å². The molecule has 2 aromatic heterocycles. The van der Waals surface area contributed by atoms with E-state index in [0.29, 0.717) is 0 Å². The van der Waals surface area contributed by atoms with E-state index in [1.54, 1.807) is 6.20 Å². The number of hydrogen-bond acceptors (Lipinski definition) is 2. The summed E-state index contributed by atoms with van der Waals surface area (Å²) < 4.78 is 0. The van der Waals surface area contributed by atoms with Crippen LogP contribution < -0.4 is 5.32 Å². The van der Waals surface area contributed by atoms with Crippen LogP contribution in [0, 0.1) is 0 Å². The van der Waals surface area contributed by atoms with Gasteiger partial charge < -0.3 is 10.3 Å². The van der Waals surface area contributed by atoms with Gasteiger partial charge in [-0.1, -0.05) is 20.3 Å². The monoisotopic (exact) mass is 191 g/mol. The number of aromatic nitrogens is 2. The van der Waals surface area contributed by atoms with Crippen LogP contribution in [0.2, 0.25) is 0 Å². The molecule has 0 aromatic carbocycles. The van der Waals surface area contributed by atoms with Crippen LogP contribution in [0.3, 0.4) is 0 Å². The van der Waals surface area contributed by atoms with Crippen molar-refractivity contribution < 1.29 is 0 Å². The normalized spacial score (nSPS) is 9.36. The standard InChI is InChI=1S/C8H9N3.C3H8/c1-9-7-3-5-11-8-6(7)2-4-10-8;1-3-2/h2-5H,1H3,(H2,9,10,11);3H2,1-2H3. The molecule has 0 amide bonds. The molecular weight excluding hydrogens is 174 g/mol. The molecule has 0 fully saturated rings. The highest BCUT2D eigenvalue weighted by molar-refractivity contribution is 5.88. The van der Waals surface area contributed by atoms with Gasteiger partial charge in [0.2, 0.25) is 0 Å². The van der Waals surface area contributed by atoms with E-state index < -0.39 is 0 Å². The average Bonchev–Trinajstić information content (AvgIpc) is 2.66. The molecule has 0 saturated heterocycles. The zero-order valence-corrected chi connectivity index (χ0v) is 8.96. The first-order valence-electron chi connectivity index (χ1n) is 4.93. The first-order chi connectivity index (χ1) is 6.83. The molecule has 2 rings (SSSR count). The van der Waals surface area contributed by atoms with Gasteiger partial charge in [0.05, 0.1) is 0 Å². The average molecular weight is 191 g/mol. The number of anilines is 1. The third kappa shape index (κ3) is 2.25. The van der Waals surface area contributed by atoms with E-state index in [9.17, 15) is 0 Å². The molecule has 0 saturated carbocycles. The molecule has 0 aliphatic heterocycles. The summed E-state index contributed by atoms with van der Waals surface area (Å²) in [7, 11) is 1.90. The third-order valence-corrected chi connectivity index (χ3v) is 1.73. The molecular formula is C11H17N3. The molecule has 3 heteroatoms. The van der Waals surface area contributed by atoms with Crippen molar-refractivity contribution in [2.75, 3.05) is 12.4 Å². The van der Waals surface area contributed by atoms with Crippen molar-refractivity contribution in [2.24, 2.45) is 0 Å². The lowest BCUT2D eigenvalue weighted by molar-refractivity contribution is 1.09. The lowest BCUT2D eigenvalue weighted by Gasteiger charge is -1.98. The maximum atomic E-state index is 4.15. The number of hydrogen-bond donors (Lipinski definition) is 2. The maximum Gasteiger partial charge on any atom is 0.139 e. The molecule has 76 valence electrons. The Hall–Kier alpha value is -1.51. The van der Waals surface area contributed by atoms with E-state index in [4.69, 9.17) is 0 Å². The Bertz CT molecular complexity index is 379. The van der Waals surface area contributed by atoms with Gasteiger partial charge in [0.1, 0.15) is 5.65 Å². The molecule has 14 heavy (non-hydrogen) atoms. The minimum Gasteiger partial charge on any atom is -0.387 e. The smallest absolute Gasteiger partial charge is 0.139 e. The summed E-state index contributed by atoms with van der Waals surface area (Å²) in [5.74, 6) is 0. The van der Waals surface area contributed by atoms with Gasteiger partial charge in [0.25, 0.3) is 0 Å². The second-order valence-electron chi connectivity index (χ2n) is 3.06. The fourth-order valence-corrected chi connectivity index (χ4v) is 1.18. The lowest BCUT2D eigenvalue weighted by Crippen LogP contribution is -1.88. The molecule has 2 N–H and O–H groups in total. The summed E-state index contributed by atoms with van der Waals surface area (Å²) in [6.07, 6.45) is 4.92. The first kappa shape index (κ1) is 10.6. The van der Waals surface area contributed by atoms with E-state index in [-0.39, 0.29) is 0 Å². The second-order valence-corrected chi connectivity index (χ2v) is 3.06. The molecule has 2 heterocycles. The van der Waals surface area contributed by atoms with Crippen LogP contribution in [0.25, 0.3) is 11.0 Å². The number of H-pyrrole nitrogens is 1. The minimum absolute atomic E-state index is 0.928. The zero-order valence-electron chi connectivity index (χ0n) is 8.96. The molecule has 0 spiro atoms. The SMILES string of the molecule is CCC.CNc1ccnc2[nH]ccc12. The van der Waals surface area contributed by atoms with E-state index >= 15 is 0 Å². The minimum atomic E-state index is 0.928. The van der Waals surface area contributed by atoms with Crippen molar-refractivity contribution in [3.05, 3.63) is 24.5 Å². The Kier molecular flexibility index (Phi) is 3.98. The van der Waals surface area contributed by atoms with Gasteiger partial charge in [-0.05, 0) is 12.1 Å². The van der Waals surface area contributed by atoms with Crippen molar-refractivity contribution in [1.82, 2.24) is 9.97 Å². The van der Waals surface area contributed by atoms with Crippen molar-refractivity contribution in [1.29, 1.82) is 0 Å². The van der Waals surface area contributed by atoms with E-state index in [2.05, 4.69) is 29.1 Å². The first-order valence-corrected chi connectivity index (χ1v) is 4.93. The number of aromatic amines is 1. The maximum absolute atomic E-state index is 4.15. The van der Waals surface area contributed by atoms with Crippen molar-refractivity contribution >= 4 is 16.7 Å². The molecule has 0 aliphatic rings. The predicted octanol–water partition coefficient (Wildman–Crippen LogP) is 3.02. The van der Waals surface area contributed by atoms with Crippen LogP contribution >= 0.6 is 0 Å². The van der Waals surface area contributed by atoms with Gasteiger partial charge >= 0.3 is 0 Å². The highest BCUT2D eigenvalue weighted by Gasteiger charge is 1.98. The summed E-state index contributed by atoms with van der Waals surface area (Å²) >= 11 is 0. The molecule has 0 radical (unpaired) electrons. The number of rotatable bonds is 1. The zero-order chi connectivity index (χ0) is 10.4. The summed E-state index contributed by atoms with van der Waals surface area (Å²) in [6, 6.07) is 3.96. The van der Waals surface area contributed by atoms with Crippen molar-refractivity contribution in [2.45, 2.75) is 20.3 Å². The highest BCUT2D eigenvalue weighted by atomic mass is 14.9. The van der Waals surface area contributed by atoms with Crippen LogP contribution in [0.4, 0.5) is 5.69 Å². The Balaban J connectivity index is 0.000000293. The molecule has 0 bridgehead atoms. The fourth-order valence-electron chi connectivity index (χ4n) is 1.18. The Morgan fingerprint density at radius 2 is 2.07 bits per heavy atom. The van der Waals surface area contributed by atoms with E-state index in [0.717, 1.165) is 16.7 Å². The van der Waals surface area contributed by atoms with E-state index in [1.165, 1.54) is 6.42 Å². The van der Waals surface area contributed by atoms with Gasteiger partial charge in [0.15, 0.2) is 0 Å². The predicted molar refractivity (Wildman–Crippen MR) is 61.6 cm³/mol. The topological polar surface area (TPSA) is 40.7 Å². The highest BCUT2D eigenvalue weighted by Crippen LogP contribution is 2.18. The quantitative estimate of drug-likeness (QED) is 0.727. The summed E-state index contributed by atoms with van der Waals surface area (Å²) in [4.78, 5) is 7.20. The van der Waals surface area contributed by atoms with Crippen LogP contribution in [0.15, 0.2) is 24.5 Å². The Morgan fingerprint density at radius 3 is 2.71 bits per heavy atom. The van der Waals surface area contributed by atoms with Gasteiger partial charge in [-0.3, -0.25) is 0 Å². The Labute approximate surface area is 84.6 Å². The summed E-state index contributed by atoms with van der Waals surface area (Å²) in [5, 5.41) is 4.23. The van der Waals surface area contributed by atoms with Crippen LogP contribution in [-0.4, -0.2) is 17.0 Å². The lowest BCUT2D eigenvalue weighted by atomic mass is 10.3. The van der Waals surface area contributed by atoms with Gasteiger partial charge in [-0.2, -0.15) is 0 Å². The summed E-state index contributed by atoms with van der Waals surface area (Å²) in [6.45, 7) is 4.25. The number of nitrogens with one attached hydrogen (secondary N) is 2. The van der Waals surface area contributed by atoms with Crippen molar-refractivity contribution in [3.8, 4) is 0 Å². The van der Waals surface area contributed by atoms with Crippen LogP contribution in [-0.2, 0) is 0 Å². The van der Waals surface area contributed by atoms with Crippen molar-refractivity contribution in [3.63, 3.8) is 0 Å². The molecule has 0 atom stereocenters. The second kappa shape index (κ2) is 5.27. The fraction of sp³-hybridized carbons (Fsp3) is 0.364. The number of nitrogens with zero attached hydrogens (tertiary/aromatic N) is 1. The van der Waals surface area contributed by atoms with Gasteiger partial charge in [-0.15, -0.1) is 0 Å². The van der Waals surface area contributed by atoms with Crippen LogP contribution in [0.5, 0.6) is 0 Å². The largest absolute Gasteiger partial charge is 0.387 e. The molecule has 3 nitrogen and oxygen atoms in total. The molecule has 0 aliphatic carbocycles. The van der Waals surface area contributed by atoms with Crippen LogP contribution in [0.1, 0.15) is 20.3 Å². The molecule has 0 unspecified atom stereocenters. The third-order valence-electron chi connectivity index (χ3n) is 1.73. The summed E-state index contributed by atoms with van der Waals surface area (Å²) in [5.41, 5.74) is 2.04. The molecule has 2 aromatic rings. The number of fused-ring (bicyclic) bond motifs is 1. The number of pyridine rings is 1. The van der Waals surface area contributed by atoms with Gasteiger partial charge in [-0.25, -0.2) is 4.98 Å².